The van der Waals surface area contributed by atoms with Gasteiger partial charge in [0.1, 0.15) is 11.2 Å². The van der Waals surface area contributed by atoms with Crippen molar-refractivity contribution in [1.29, 1.82) is 0 Å². The maximum absolute atomic E-state index is 6.60. The second-order valence-electron chi connectivity index (χ2n) is 15.2. The lowest BCUT2D eigenvalue weighted by molar-refractivity contribution is 0.660. The lowest BCUT2D eigenvalue weighted by atomic mass is 9.82. The molecule has 2 aromatic heterocycles. The van der Waals surface area contributed by atoms with Crippen molar-refractivity contribution in [3.8, 4) is 67.5 Å². The number of furan rings is 1. The molecule has 1 aliphatic carbocycles. The SMILES string of the molecule is CC1(C)c2ccccc2-c2ccc(-c3nc(-c4ccc5ccccc5c4)nc(-c4ccc5c(c4)oc4cccc(-c6cccc(-c7ccccc7)c6)c45)n3)cc21. The highest BCUT2D eigenvalue weighted by Gasteiger charge is 2.35. The second kappa shape index (κ2) is 12.4. The van der Waals surface area contributed by atoms with E-state index in [4.69, 9.17) is 19.4 Å². The fourth-order valence-corrected chi connectivity index (χ4v) is 8.64. The number of nitrogens with zero attached hydrogens (tertiary/aromatic N) is 3. The molecular weight excluding hydrogens is 683 g/mol. The van der Waals surface area contributed by atoms with E-state index in [1.165, 1.54) is 38.8 Å². The highest BCUT2D eigenvalue weighted by molar-refractivity contribution is 6.13. The Morgan fingerprint density at radius 3 is 1.82 bits per heavy atom. The molecule has 0 spiro atoms. The summed E-state index contributed by atoms with van der Waals surface area (Å²) >= 11 is 0. The van der Waals surface area contributed by atoms with Crippen molar-refractivity contribution in [2.24, 2.45) is 0 Å². The Morgan fingerprint density at radius 1 is 0.375 bits per heavy atom. The van der Waals surface area contributed by atoms with E-state index in [1.54, 1.807) is 0 Å². The molecule has 0 fully saturated rings. The van der Waals surface area contributed by atoms with Crippen LogP contribution in [0.5, 0.6) is 0 Å². The Morgan fingerprint density at radius 2 is 0.982 bits per heavy atom. The first-order valence-electron chi connectivity index (χ1n) is 19.1. The summed E-state index contributed by atoms with van der Waals surface area (Å²) in [5.74, 6) is 1.86. The lowest BCUT2D eigenvalue weighted by Gasteiger charge is -2.21. The number of rotatable bonds is 5. The molecule has 1 aliphatic rings. The number of fused-ring (bicyclic) bond motifs is 7. The quantitative estimate of drug-likeness (QED) is 0.178. The van der Waals surface area contributed by atoms with Crippen molar-refractivity contribution < 1.29 is 4.42 Å². The predicted octanol–water partition coefficient (Wildman–Crippen LogP) is 13.6. The molecule has 0 unspecified atom stereocenters. The maximum Gasteiger partial charge on any atom is 0.164 e. The second-order valence-corrected chi connectivity index (χ2v) is 15.2. The highest BCUT2D eigenvalue weighted by atomic mass is 16.3. The lowest BCUT2D eigenvalue weighted by Crippen LogP contribution is -2.15. The summed E-state index contributed by atoms with van der Waals surface area (Å²) in [5.41, 5.74) is 14.1. The first-order valence-corrected chi connectivity index (χ1v) is 19.1. The van der Waals surface area contributed by atoms with Gasteiger partial charge >= 0.3 is 0 Å². The Kier molecular flexibility index (Phi) is 7.17. The number of aromatic nitrogens is 3. The fourth-order valence-electron chi connectivity index (χ4n) is 8.64. The molecule has 0 aliphatic heterocycles. The molecule has 264 valence electrons. The van der Waals surface area contributed by atoms with Crippen LogP contribution in [0.25, 0.3) is 100 Å². The van der Waals surface area contributed by atoms with Crippen LogP contribution in [0.1, 0.15) is 25.0 Å². The number of benzene rings is 8. The molecule has 56 heavy (non-hydrogen) atoms. The molecular formula is C52H35N3O. The van der Waals surface area contributed by atoms with Gasteiger partial charge in [0.15, 0.2) is 17.5 Å². The van der Waals surface area contributed by atoms with Gasteiger partial charge in [-0.2, -0.15) is 0 Å². The van der Waals surface area contributed by atoms with Crippen molar-refractivity contribution in [3.63, 3.8) is 0 Å². The molecule has 0 amide bonds. The van der Waals surface area contributed by atoms with E-state index in [0.717, 1.165) is 55.1 Å². The molecule has 10 aromatic rings. The Hall–Kier alpha value is -7.17. The van der Waals surface area contributed by atoms with Gasteiger partial charge in [-0.1, -0.05) is 153 Å². The van der Waals surface area contributed by atoms with Crippen LogP contribution in [0.4, 0.5) is 0 Å². The van der Waals surface area contributed by atoms with Crippen LogP contribution in [0, 0.1) is 0 Å². The van der Waals surface area contributed by atoms with Crippen LogP contribution in [0.2, 0.25) is 0 Å². The Labute approximate surface area is 324 Å². The average molecular weight is 718 g/mol. The molecule has 0 N–H and O–H groups in total. The summed E-state index contributed by atoms with van der Waals surface area (Å²) in [6.45, 7) is 4.60. The van der Waals surface area contributed by atoms with Crippen molar-refractivity contribution >= 4 is 32.7 Å². The van der Waals surface area contributed by atoms with E-state index in [1.807, 2.05) is 6.07 Å². The molecule has 8 aromatic carbocycles. The van der Waals surface area contributed by atoms with E-state index in [-0.39, 0.29) is 5.41 Å². The summed E-state index contributed by atoms with van der Waals surface area (Å²) in [4.78, 5) is 15.5. The molecule has 0 bridgehead atoms. The predicted molar refractivity (Wildman–Crippen MR) is 229 cm³/mol. The topological polar surface area (TPSA) is 51.8 Å². The van der Waals surface area contributed by atoms with Gasteiger partial charge in [0.25, 0.3) is 0 Å². The van der Waals surface area contributed by atoms with Gasteiger partial charge < -0.3 is 4.42 Å². The zero-order valence-corrected chi connectivity index (χ0v) is 31.0. The van der Waals surface area contributed by atoms with E-state index >= 15 is 0 Å². The number of hydrogen-bond acceptors (Lipinski definition) is 4. The minimum Gasteiger partial charge on any atom is -0.456 e. The van der Waals surface area contributed by atoms with Gasteiger partial charge in [0, 0.05) is 32.9 Å². The first-order chi connectivity index (χ1) is 27.5. The zero-order chi connectivity index (χ0) is 37.4. The minimum atomic E-state index is -0.146. The molecule has 0 saturated carbocycles. The molecule has 4 heteroatoms. The molecule has 0 saturated heterocycles. The third-order valence-electron chi connectivity index (χ3n) is 11.5. The normalized spacial score (nSPS) is 13.0. The van der Waals surface area contributed by atoms with E-state index in [0.29, 0.717) is 17.5 Å². The summed E-state index contributed by atoms with van der Waals surface area (Å²) < 4.78 is 6.60. The highest BCUT2D eigenvalue weighted by Crippen LogP contribution is 2.49. The minimum absolute atomic E-state index is 0.146. The fraction of sp³-hybridized carbons (Fsp3) is 0.0577. The van der Waals surface area contributed by atoms with E-state index in [9.17, 15) is 0 Å². The molecule has 4 nitrogen and oxygen atoms in total. The van der Waals surface area contributed by atoms with Gasteiger partial charge in [-0.3, -0.25) is 0 Å². The van der Waals surface area contributed by atoms with Crippen molar-refractivity contribution in [2.75, 3.05) is 0 Å². The Bertz CT molecular complexity index is 3180. The molecule has 0 atom stereocenters. The summed E-state index contributed by atoms with van der Waals surface area (Å²) in [6, 6.07) is 62.0. The van der Waals surface area contributed by atoms with Crippen LogP contribution >= 0.6 is 0 Å². The smallest absolute Gasteiger partial charge is 0.164 e. The van der Waals surface area contributed by atoms with Gasteiger partial charge in [0.05, 0.1) is 0 Å². The van der Waals surface area contributed by atoms with Crippen LogP contribution in [0.15, 0.2) is 180 Å². The van der Waals surface area contributed by atoms with Gasteiger partial charge in [-0.05, 0) is 91.7 Å². The van der Waals surface area contributed by atoms with E-state index < -0.39 is 0 Å². The number of hydrogen-bond donors (Lipinski definition) is 0. The summed E-state index contributed by atoms with van der Waals surface area (Å²) in [6.07, 6.45) is 0. The monoisotopic (exact) mass is 717 g/mol. The van der Waals surface area contributed by atoms with Crippen LogP contribution in [0.3, 0.4) is 0 Å². The van der Waals surface area contributed by atoms with Gasteiger partial charge in [-0.15, -0.1) is 0 Å². The van der Waals surface area contributed by atoms with Gasteiger partial charge in [0.2, 0.25) is 0 Å². The third kappa shape index (κ3) is 5.18. The van der Waals surface area contributed by atoms with E-state index in [2.05, 4.69) is 184 Å². The molecule has 11 rings (SSSR count). The first kappa shape index (κ1) is 32.3. The van der Waals surface area contributed by atoms with Crippen molar-refractivity contribution in [1.82, 2.24) is 15.0 Å². The third-order valence-corrected chi connectivity index (χ3v) is 11.5. The molecule has 2 heterocycles. The van der Waals surface area contributed by atoms with Gasteiger partial charge in [-0.25, -0.2) is 15.0 Å². The largest absolute Gasteiger partial charge is 0.456 e. The standard InChI is InChI=1S/C52H35N3O/c1-52(2)44-20-9-8-18-41(44)42-26-24-38(30-45(42)52)50-53-49(37-23-22-33-14-6-7-15-34(33)29-37)54-51(55-50)39-25-27-43-47(31-39)56-46-21-11-19-40(48(43)46)36-17-10-16-35(28-36)32-12-4-3-5-13-32/h3-31H,1-2H3. The van der Waals surface area contributed by atoms with Crippen LogP contribution in [-0.4, -0.2) is 15.0 Å². The summed E-state index contributed by atoms with van der Waals surface area (Å²) in [5, 5.41) is 4.45. The Balaban J connectivity index is 1.06. The van der Waals surface area contributed by atoms with Crippen molar-refractivity contribution in [2.45, 2.75) is 19.3 Å². The maximum atomic E-state index is 6.60. The average Bonchev–Trinajstić information content (AvgIpc) is 3.75. The van der Waals surface area contributed by atoms with Crippen LogP contribution < -0.4 is 0 Å². The van der Waals surface area contributed by atoms with Crippen LogP contribution in [-0.2, 0) is 5.41 Å². The zero-order valence-electron chi connectivity index (χ0n) is 31.0. The molecule has 0 radical (unpaired) electrons. The summed E-state index contributed by atoms with van der Waals surface area (Å²) in [7, 11) is 0. The van der Waals surface area contributed by atoms with Crippen molar-refractivity contribution in [3.05, 3.63) is 187 Å².